The molecule has 7 heteroatoms. The van der Waals surface area contributed by atoms with E-state index in [1.165, 1.54) is 21.9 Å². The van der Waals surface area contributed by atoms with Crippen LogP contribution in [0.3, 0.4) is 0 Å². The van der Waals surface area contributed by atoms with Gasteiger partial charge in [-0.25, -0.2) is 14.2 Å². The van der Waals surface area contributed by atoms with Crippen LogP contribution in [0.25, 0.3) is 0 Å². The molecule has 0 spiro atoms. The Bertz CT molecular complexity index is 763. The summed E-state index contributed by atoms with van der Waals surface area (Å²) in [6.45, 7) is 2.69. The highest BCUT2D eigenvalue weighted by Gasteiger charge is 2.30. The minimum atomic E-state index is -0.354. The number of nitrogens with zero attached hydrogens (tertiary/aromatic N) is 3. The quantitative estimate of drug-likeness (QED) is 0.937. The monoisotopic (exact) mass is 328 g/mol. The maximum Gasteiger partial charge on any atom is 0.325 e. The van der Waals surface area contributed by atoms with E-state index in [4.69, 9.17) is 0 Å². The standard InChI is InChI=1S/C17H17FN4O2/c1-12-3-2-8-19-16(12)20-15(23)11-21-9-10-22(17(21)24)14-6-4-13(18)5-7-14/h2-8H,9-11H2,1H3,(H,19,20,23). The molecule has 1 aliphatic heterocycles. The Morgan fingerprint density at radius 3 is 2.71 bits per heavy atom. The maximum atomic E-state index is 13.0. The van der Waals surface area contributed by atoms with Gasteiger partial charge in [0.2, 0.25) is 5.91 Å². The van der Waals surface area contributed by atoms with Gasteiger partial charge in [-0.15, -0.1) is 0 Å². The van der Waals surface area contributed by atoms with Crippen molar-refractivity contribution in [1.82, 2.24) is 9.88 Å². The van der Waals surface area contributed by atoms with Crippen LogP contribution in [0.1, 0.15) is 5.56 Å². The van der Waals surface area contributed by atoms with E-state index in [1.54, 1.807) is 24.4 Å². The van der Waals surface area contributed by atoms with Crippen LogP contribution in [0.4, 0.5) is 20.7 Å². The Hall–Kier alpha value is -2.96. The molecule has 1 aromatic carbocycles. The summed E-state index contributed by atoms with van der Waals surface area (Å²) in [5.41, 5.74) is 1.47. The van der Waals surface area contributed by atoms with E-state index in [0.717, 1.165) is 5.56 Å². The molecule has 3 rings (SSSR count). The molecule has 0 saturated carbocycles. The van der Waals surface area contributed by atoms with Gasteiger partial charge in [0.1, 0.15) is 18.2 Å². The summed E-state index contributed by atoms with van der Waals surface area (Å²) in [5.74, 6) is -0.164. The number of carbonyl (C=O) groups excluding carboxylic acids is 2. The number of aromatic nitrogens is 1. The number of carbonyl (C=O) groups is 2. The van der Waals surface area contributed by atoms with Crippen molar-refractivity contribution >= 4 is 23.4 Å². The van der Waals surface area contributed by atoms with E-state index in [0.29, 0.717) is 24.6 Å². The molecule has 1 aliphatic rings. The highest BCUT2D eigenvalue weighted by atomic mass is 19.1. The average Bonchev–Trinajstić information content (AvgIpc) is 2.91. The van der Waals surface area contributed by atoms with Crippen LogP contribution in [0, 0.1) is 12.7 Å². The molecule has 6 nitrogen and oxygen atoms in total. The third kappa shape index (κ3) is 3.34. The largest absolute Gasteiger partial charge is 0.325 e. The third-order valence-electron chi connectivity index (χ3n) is 3.83. The van der Waals surface area contributed by atoms with Gasteiger partial charge >= 0.3 is 6.03 Å². The molecule has 1 N–H and O–H groups in total. The maximum absolute atomic E-state index is 13.0. The Morgan fingerprint density at radius 2 is 2.00 bits per heavy atom. The summed E-state index contributed by atoms with van der Waals surface area (Å²) in [6.07, 6.45) is 1.60. The molecule has 1 aromatic heterocycles. The van der Waals surface area contributed by atoms with Crippen molar-refractivity contribution in [1.29, 1.82) is 0 Å². The fourth-order valence-corrected chi connectivity index (χ4v) is 2.55. The van der Waals surface area contributed by atoms with E-state index in [9.17, 15) is 14.0 Å². The van der Waals surface area contributed by atoms with Gasteiger partial charge in [0.25, 0.3) is 0 Å². The predicted octanol–water partition coefficient (Wildman–Crippen LogP) is 2.41. The van der Waals surface area contributed by atoms with Gasteiger partial charge in [-0.05, 0) is 42.8 Å². The molecule has 0 unspecified atom stereocenters. The van der Waals surface area contributed by atoms with Crippen molar-refractivity contribution < 1.29 is 14.0 Å². The number of halogens is 1. The fraction of sp³-hybridized carbons (Fsp3) is 0.235. The van der Waals surface area contributed by atoms with Crippen LogP contribution in [-0.4, -0.2) is 41.5 Å². The molecule has 2 aromatic rings. The van der Waals surface area contributed by atoms with Crippen LogP contribution in [0.5, 0.6) is 0 Å². The lowest BCUT2D eigenvalue weighted by Crippen LogP contribution is -2.37. The Morgan fingerprint density at radius 1 is 1.25 bits per heavy atom. The highest BCUT2D eigenvalue weighted by Crippen LogP contribution is 2.20. The topological polar surface area (TPSA) is 65.5 Å². The van der Waals surface area contributed by atoms with Gasteiger partial charge < -0.3 is 10.2 Å². The second-order valence-electron chi connectivity index (χ2n) is 5.55. The van der Waals surface area contributed by atoms with Crippen LogP contribution in [-0.2, 0) is 4.79 Å². The van der Waals surface area contributed by atoms with Crippen molar-refractivity contribution in [2.45, 2.75) is 6.92 Å². The number of pyridine rings is 1. The lowest BCUT2D eigenvalue weighted by molar-refractivity contribution is -0.116. The Labute approximate surface area is 138 Å². The summed E-state index contributed by atoms with van der Waals surface area (Å²) in [5, 5.41) is 2.71. The second-order valence-corrected chi connectivity index (χ2v) is 5.55. The number of hydrogen-bond donors (Lipinski definition) is 1. The van der Waals surface area contributed by atoms with Gasteiger partial charge in [0, 0.05) is 25.0 Å². The van der Waals surface area contributed by atoms with Gasteiger partial charge in [0.15, 0.2) is 0 Å². The molecule has 24 heavy (non-hydrogen) atoms. The number of anilines is 2. The van der Waals surface area contributed by atoms with E-state index in [2.05, 4.69) is 10.3 Å². The lowest BCUT2D eigenvalue weighted by atomic mass is 10.3. The van der Waals surface area contributed by atoms with Crippen LogP contribution in [0.15, 0.2) is 42.6 Å². The third-order valence-corrected chi connectivity index (χ3v) is 3.83. The molecule has 1 saturated heterocycles. The van der Waals surface area contributed by atoms with Gasteiger partial charge in [0.05, 0.1) is 0 Å². The van der Waals surface area contributed by atoms with Crippen molar-refractivity contribution in [2.75, 3.05) is 29.9 Å². The zero-order valence-corrected chi connectivity index (χ0v) is 13.2. The summed E-state index contributed by atoms with van der Waals surface area (Å²) in [4.78, 5) is 31.6. The molecular weight excluding hydrogens is 311 g/mol. The minimum absolute atomic E-state index is 0.0491. The van der Waals surface area contributed by atoms with E-state index >= 15 is 0 Å². The summed E-state index contributed by atoms with van der Waals surface area (Å²) in [6, 6.07) is 9.08. The minimum Gasteiger partial charge on any atom is -0.313 e. The van der Waals surface area contributed by atoms with Crippen molar-refractivity contribution in [3.8, 4) is 0 Å². The number of nitrogens with one attached hydrogen (secondary N) is 1. The smallest absolute Gasteiger partial charge is 0.313 e. The van der Waals surface area contributed by atoms with E-state index in [-0.39, 0.29) is 24.3 Å². The fourth-order valence-electron chi connectivity index (χ4n) is 2.55. The number of aryl methyl sites for hydroxylation is 1. The zero-order valence-electron chi connectivity index (χ0n) is 13.2. The first-order valence-electron chi connectivity index (χ1n) is 7.58. The Kier molecular flexibility index (Phi) is 4.41. The molecule has 0 aliphatic carbocycles. The average molecular weight is 328 g/mol. The zero-order chi connectivity index (χ0) is 17.1. The van der Waals surface area contributed by atoms with Crippen molar-refractivity contribution in [3.05, 3.63) is 54.0 Å². The van der Waals surface area contributed by atoms with Crippen LogP contribution >= 0.6 is 0 Å². The summed E-state index contributed by atoms with van der Waals surface area (Å²) >= 11 is 0. The first-order valence-corrected chi connectivity index (χ1v) is 7.58. The SMILES string of the molecule is Cc1cccnc1NC(=O)CN1CCN(c2ccc(F)cc2)C1=O. The highest BCUT2D eigenvalue weighted by molar-refractivity contribution is 5.99. The van der Waals surface area contributed by atoms with Gasteiger partial charge in [-0.2, -0.15) is 0 Å². The van der Waals surface area contributed by atoms with E-state index < -0.39 is 0 Å². The number of rotatable bonds is 4. The molecule has 0 bridgehead atoms. The van der Waals surface area contributed by atoms with Crippen molar-refractivity contribution in [3.63, 3.8) is 0 Å². The van der Waals surface area contributed by atoms with Crippen LogP contribution < -0.4 is 10.2 Å². The summed E-state index contributed by atoms with van der Waals surface area (Å²) < 4.78 is 13.0. The molecule has 3 amide bonds. The first-order chi connectivity index (χ1) is 11.5. The van der Waals surface area contributed by atoms with Gasteiger partial charge in [-0.3, -0.25) is 9.69 Å². The summed E-state index contributed by atoms with van der Waals surface area (Å²) in [7, 11) is 0. The molecule has 1 fully saturated rings. The Balaban J connectivity index is 1.62. The molecule has 2 heterocycles. The normalized spacial score (nSPS) is 14.2. The number of hydrogen-bond acceptors (Lipinski definition) is 3. The van der Waals surface area contributed by atoms with Crippen molar-refractivity contribution in [2.24, 2.45) is 0 Å². The lowest BCUT2D eigenvalue weighted by Gasteiger charge is -2.18. The number of benzene rings is 1. The van der Waals surface area contributed by atoms with Gasteiger partial charge in [-0.1, -0.05) is 6.07 Å². The predicted molar refractivity (Wildman–Crippen MR) is 88.3 cm³/mol. The first kappa shape index (κ1) is 15.9. The number of urea groups is 1. The molecule has 124 valence electrons. The van der Waals surface area contributed by atoms with E-state index in [1.807, 2.05) is 13.0 Å². The number of amides is 3. The van der Waals surface area contributed by atoms with Crippen LogP contribution in [0.2, 0.25) is 0 Å². The second kappa shape index (κ2) is 6.66. The molecule has 0 radical (unpaired) electrons. The molecular formula is C17H17FN4O2. The molecule has 0 atom stereocenters.